The zero-order valence-electron chi connectivity index (χ0n) is 12.4. The molecule has 1 aromatic heterocycles. The van der Waals surface area contributed by atoms with Gasteiger partial charge in [-0.15, -0.1) is 0 Å². The highest BCUT2D eigenvalue weighted by Crippen LogP contribution is 2.30. The average Bonchev–Trinajstić information content (AvgIpc) is 2.58. The molecule has 0 spiro atoms. The molecule has 0 saturated carbocycles. The van der Waals surface area contributed by atoms with E-state index in [1.54, 1.807) is 12.1 Å². The van der Waals surface area contributed by atoms with Crippen LogP contribution >= 0.6 is 11.6 Å². The molecule has 3 rings (SSSR count). The van der Waals surface area contributed by atoms with E-state index in [0.29, 0.717) is 23.1 Å². The standard InChI is InChI=1S/C17H14ClN3O2/c1-2-21(12-6-4-3-5-7-12)15-14(16(22)17(15)23)20-11-8-9-19-13(18)10-11/h3-10H,2H2,1H3,(H,19,20). The third-order valence-corrected chi connectivity index (χ3v) is 3.74. The van der Waals surface area contributed by atoms with E-state index >= 15 is 0 Å². The molecule has 0 amide bonds. The summed E-state index contributed by atoms with van der Waals surface area (Å²) < 4.78 is 0. The van der Waals surface area contributed by atoms with Gasteiger partial charge in [-0.2, -0.15) is 0 Å². The molecule has 116 valence electrons. The fourth-order valence-electron chi connectivity index (χ4n) is 2.46. The predicted octanol–water partition coefficient (Wildman–Crippen LogP) is 3.23. The fourth-order valence-corrected chi connectivity index (χ4v) is 2.63. The summed E-state index contributed by atoms with van der Waals surface area (Å²) in [6.45, 7) is 2.50. The van der Waals surface area contributed by atoms with Crippen molar-refractivity contribution in [3.05, 3.63) is 74.3 Å². The second-order valence-corrected chi connectivity index (χ2v) is 5.34. The number of aromatic nitrogens is 1. The van der Waals surface area contributed by atoms with Crippen LogP contribution < -0.4 is 21.1 Å². The Hall–Kier alpha value is -2.66. The normalized spacial score (nSPS) is 10.7. The van der Waals surface area contributed by atoms with Crippen molar-refractivity contribution in [2.75, 3.05) is 16.8 Å². The highest BCUT2D eigenvalue weighted by Gasteiger charge is 2.26. The number of nitrogens with zero attached hydrogens (tertiary/aromatic N) is 2. The Morgan fingerprint density at radius 2 is 1.87 bits per heavy atom. The van der Waals surface area contributed by atoms with Crippen LogP contribution in [-0.2, 0) is 0 Å². The third-order valence-electron chi connectivity index (χ3n) is 3.54. The molecular weight excluding hydrogens is 314 g/mol. The molecule has 5 nitrogen and oxygen atoms in total. The Kier molecular flexibility index (Phi) is 4.12. The van der Waals surface area contributed by atoms with Crippen molar-refractivity contribution in [2.24, 2.45) is 0 Å². The fraction of sp³-hybridized carbons (Fsp3) is 0.118. The summed E-state index contributed by atoms with van der Waals surface area (Å²) >= 11 is 5.85. The summed E-state index contributed by atoms with van der Waals surface area (Å²) in [6, 6.07) is 12.8. The van der Waals surface area contributed by atoms with Crippen molar-refractivity contribution in [3.63, 3.8) is 0 Å². The predicted molar refractivity (Wildman–Crippen MR) is 93.0 cm³/mol. The van der Waals surface area contributed by atoms with E-state index in [0.717, 1.165) is 5.69 Å². The summed E-state index contributed by atoms with van der Waals surface area (Å²) in [6.07, 6.45) is 1.53. The number of benzene rings is 1. The van der Waals surface area contributed by atoms with Gasteiger partial charge in [0.2, 0.25) is 0 Å². The highest BCUT2D eigenvalue weighted by atomic mass is 35.5. The summed E-state index contributed by atoms with van der Waals surface area (Å²) in [7, 11) is 0. The van der Waals surface area contributed by atoms with E-state index in [1.807, 2.05) is 42.2 Å². The molecule has 2 aromatic carbocycles. The van der Waals surface area contributed by atoms with Gasteiger partial charge in [0.15, 0.2) is 0 Å². The monoisotopic (exact) mass is 327 g/mol. The minimum Gasteiger partial charge on any atom is -0.350 e. The van der Waals surface area contributed by atoms with Crippen LogP contribution in [0.1, 0.15) is 6.92 Å². The van der Waals surface area contributed by atoms with Gasteiger partial charge in [0.05, 0.1) is 0 Å². The van der Waals surface area contributed by atoms with Crippen LogP contribution in [0, 0.1) is 0 Å². The van der Waals surface area contributed by atoms with Crippen molar-refractivity contribution in [3.8, 4) is 0 Å². The van der Waals surface area contributed by atoms with Crippen molar-refractivity contribution < 1.29 is 0 Å². The molecule has 0 aliphatic rings. The molecule has 0 aliphatic carbocycles. The minimum absolute atomic E-state index is 0.281. The van der Waals surface area contributed by atoms with Crippen molar-refractivity contribution in [2.45, 2.75) is 6.92 Å². The first kappa shape index (κ1) is 15.2. The van der Waals surface area contributed by atoms with Crippen LogP contribution in [0.4, 0.5) is 22.7 Å². The van der Waals surface area contributed by atoms with Crippen molar-refractivity contribution in [1.82, 2.24) is 4.98 Å². The second kappa shape index (κ2) is 6.22. The maximum Gasteiger partial charge on any atom is 0.253 e. The topological polar surface area (TPSA) is 62.3 Å². The first-order valence-electron chi connectivity index (χ1n) is 7.16. The first-order chi connectivity index (χ1) is 11.1. The van der Waals surface area contributed by atoms with Gasteiger partial charge in [0, 0.05) is 24.1 Å². The maximum absolute atomic E-state index is 12.1. The van der Waals surface area contributed by atoms with E-state index in [2.05, 4.69) is 10.3 Å². The third kappa shape index (κ3) is 2.83. The Balaban J connectivity index is 1.99. The van der Waals surface area contributed by atoms with Gasteiger partial charge in [-0.05, 0) is 31.2 Å². The quantitative estimate of drug-likeness (QED) is 0.576. The molecule has 0 fully saturated rings. The maximum atomic E-state index is 12.1. The molecule has 0 saturated heterocycles. The SMILES string of the molecule is CCN(c1ccccc1)c1c(Nc2ccnc(Cl)c2)c(=O)c1=O. The number of para-hydroxylation sites is 1. The molecule has 23 heavy (non-hydrogen) atoms. The van der Waals surface area contributed by atoms with E-state index in [1.165, 1.54) is 6.20 Å². The largest absolute Gasteiger partial charge is 0.350 e. The summed E-state index contributed by atoms with van der Waals surface area (Å²) in [5, 5.41) is 3.29. The number of pyridine rings is 1. The number of anilines is 4. The average molecular weight is 328 g/mol. The van der Waals surface area contributed by atoms with E-state index < -0.39 is 10.9 Å². The number of hydrogen-bond acceptors (Lipinski definition) is 5. The molecule has 1 N–H and O–H groups in total. The van der Waals surface area contributed by atoms with Crippen molar-refractivity contribution >= 4 is 34.4 Å². The molecule has 0 aliphatic heterocycles. The van der Waals surface area contributed by atoms with E-state index in [-0.39, 0.29) is 5.69 Å². The van der Waals surface area contributed by atoms with Crippen LogP contribution in [0.25, 0.3) is 0 Å². The second-order valence-electron chi connectivity index (χ2n) is 4.95. The molecule has 1 heterocycles. The van der Waals surface area contributed by atoms with Gasteiger partial charge in [-0.3, -0.25) is 9.59 Å². The number of halogens is 1. The molecule has 0 radical (unpaired) electrons. The Morgan fingerprint density at radius 3 is 2.52 bits per heavy atom. The minimum atomic E-state index is -0.526. The first-order valence-corrected chi connectivity index (χ1v) is 7.54. The number of hydrogen-bond donors (Lipinski definition) is 1. The van der Waals surface area contributed by atoms with Crippen LogP contribution in [-0.4, -0.2) is 11.5 Å². The molecule has 0 bridgehead atoms. The summed E-state index contributed by atoms with van der Waals surface area (Å²) in [5.74, 6) is 0. The Bertz CT molecular complexity index is 902. The number of nitrogens with one attached hydrogen (secondary N) is 1. The van der Waals surface area contributed by atoms with Crippen LogP contribution in [0.3, 0.4) is 0 Å². The zero-order valence-corrected chi connectivity index (χ0v) is 13.2. The van der Waals surface area contributed by atoms with Gasteiger partial charge < -0.3 is 10.2 Å². The van der Waals surface area contributed by atoms with Gasteiger partial charge in [-0.25, -0.2) is 4.98 Å². The molecule has 0 atom stereocenters. The summed E-state index contributed by atoms with van der Waals surface area (Å²) in [5.41, 5.74) is 1.11. The number of rotatable bonds is 5. The zero-order chi connectivity index (χ0) is 16.4. The lowest BCUT2D eigenvalue weighted by atomic mass is 10.1. The lowest BCUT2D eigenvalue weighted by molar-refractivity contribution is 1.01. The van der Waals surface area contributed by atoms with Gasteiger partial charge >= 0.3 is 0 Å². The highest BCUT2D eigenvalue weighted by molar-refractivity contribution is 6.29. The molecular formula is C17H14ClN3O2. The van der Waals surface area contributed by atoms with Crippen LogP contribution in [0.15, 0.2) is 58.3 Å². The van der Waals surface area contributed by atoms with Crippen LogP contribution in [0.5, 0.6) is 0 Å². The van der Waals surface area contributed by atoms with Gasteiger partial charge in [0.25, 0.3) is 10.9 Å². The van der Waals surface area contributed by atoms with Gasteiger partial charge in [0.1, 0.15) is 16.5 Å². The lowest BCUT2D eigenvalue weighted by Gasteiger charge is -2.26. The smallest absolute Gasteiger partial charge is 0.253 e. The van der Waals surface area contributed by atoms with Gasteiger partial charge in [-0.1, -0.05) is 29.8 Å². The van der Waals surface area contributed by atoms with Crippen LogP contribution in [0.2, 0.25) is 5.15 Å². The molecule has 0 unspecified atom stereocenters. The molecule has 3 aromatic rings. The van der Waals surface area contributed by atoms with E-state index in [9.17, 15) is 9.59 Å². The molecule has 6 heteroatoms. The Morgan fingerprint density at radius 1 is 1.13 bits per heavy atom. The Labute approximate surface area is 137 Å². The lowest BCUT2D eigenvalue weighted by Crippen LogP contribution is -2.40. The summed E-state index contributed by atoms with van der Waals surface area (Å²) in [4.78, 5) is 29.7. The van der Waals surface area contributed by atoms with Crippen molar-refractivity contribution in [1.29, 1.82) is 0 Å². The van der Waals surface area contributed by atoms with E-state index in [4.69, 9.17) is 11.6 Å².